The van der Waals surface area contributed by atoms with Crippen molar-refractivity contribution in [1.29, 1.82) is 0 Å². The predicted molar refractivity (Wildman–Crippen MR) is 29.4 cm³/mol. The lowest BCUT2D eigenvalue weighted by molar-refractivity contribution is 0.150. The molecule has 0 spiro atoms. The zero-order valence-corrected chi connectivity index (χ0v) is 4.98. The maximum absolute atomic E-state index is 4.98. The van der Waals surface area contributed by atoms with E-state index in [1.165, 1.54) is 0 Å². The summed E-state index contributed by atoms with van der Waals surface area (Å²) in [5.74, 6) is 0. The van der Waals surface area contributed by atoms with Gasteiger partial charge in [-0.3, -0.25) is 0 Å². The standard InChI is InChI=1S/C5H12NO/c1-3-7-5-4-6-2/h3-5H2,1-2H3. The van der Waals surface area contributed by atoms with Crippen LogP contribution in [0.5, 0.6) is 0 Å². The molecule has 0 aromatic carbocycles. The van der Waals surface area contributed by atoms with E-state index in [1.807, 2.05) is 6.92 Å². The van der Waals surface area contributed by atoms with Gasteiger partial charge in [0.25, 0.3) is 0 Å². The van der Waals surface area contributed by atoms with Crippen LogP contribution >= 0.6 is 0 Å². The molecule has 1 radical (unpaired) electrons. The second-order valence-electron chi connectivity index (χ2n) is 1.24. The number of hydrogen-bond donors (Lipinski definition) is 0. The van der Waals surface area contributed by atoms with Crippen LogP contribution in [-0.2, 0) is 4.74 Å². The molecular weight excluding hydrogens is 90.1 g/mol. The molecule has 0 aliphatic heterocycles. The maximum atomic E-state index is 4.98. The van der Waals surface area contributed by atoms with Gasteiger partial charge in [0.15, 0.2) is 0 Å². The molecule has 0 rings (SSSR count). The summed E-state index contributed by atoms with van der Waals surface area (Å²) >= 11 is 0. The maximum Gasteiger partial charge on any atom is 0.0607 e. The minimum absolute atomic E-state index is 0.771. The lowest BCUT2D eigenvalue weighted by Crippen LogP contribution is -2.07. The van der Waals surface area contributed by atoms with Crippen LogP contribution in [0.4, 0.5) is 0 Å². The van der Waals surface area contributed by atoms with E-state index in [-0.39, 0.29) is 0 Å². The Morgan fingerprint density at radius 1 is 1.57 bits per heavy atom. The van der Waals surface area contributed by atoms with Crippen LogP contribution in [0.15, 0.2) is 0 Å². The van der Waals surface area contributed by atoms with Crippen molar-refractivity contribution < 1.29 is 4.74 Å². The summed E-state index contributed by atoms with van der Waals surface area (Å²) in [5.41, 5.74) is 0. The molecule has 0 unspecified atom stereocenters. The minimum atomic E-state index is 0.771. The molecule has 0 heterocycles. The number of nitrogens with zero attached hydrogens (tertiary/aromatic N) is 1. The van der Waals surface area contributed by atoms with Crippen molar-refractivity contribution in [3.05, 3.63) is 0 Å². The molecule has 2 nitrogen and oxygen atoms in total. The van der Waals surface area contributed by atoms with Crippen LogP contribution < -0.4 is 5.32 Å². The van der Waals surface area contributed by atoms with Crippen LogP contribution in [0.3, 0.4) is 0 Å². The van der Waals surface area contributed by atoms with Gasteiger partial charge >= 0.3 is 0 Å². The van der Waals surface area contributed by atoms with Crippen molar-refractivity contribution in [2.75, 3.05) is 26.8 Å². The van der Waals surface area contributed by atoms with Crippen molar-refractivity contribution >= 4 is 0 Å². The summed E-state index contributed by atoms with van der Waals surface area (Å²) in [6.07, 6.45) is 0. The van der Waals surface area contributed by atoms with E-state index >= 15 is 0 Å². The van der Waals surface area contributed by atoms with Crippen LogP contribution in [0, 0.1) is 0 Å². The second kappa shape index (κ2) is 5.92. The van der Waals surface area contributed by atoms with Crippen LogP contribution in [0.1, 0.15) is 6.92 Å². The van der Waals surface area contributed by atoms with Gasteiger partial charge in [0.1, 0.15) is 0 Å². The average Bonchev–Trinajstić information content (AvgIpc) is 1.69. The van der Waals surface area contributed by atoms with Gasteiger partial charge in [-0.05, 0) is 6.92 Å². The quantitative estimate of drug-likeness (QED) is 0.467. The van der Waals surface area contributed by atoms with Crippen LogP contribution in [-0.4, -0.2) is 26.8 Å². The largest absolute Gasteiger partial charge is 0.380 e. The van der Waals surface area contributed by atoms with Crippen LogP contribution in [0.2, 0.25) is 0 Å². The van der Waals surface area contributed by atoms with E-state index in [9.17, 15) is 0 Å². The lowest BCUT2D eigenvalue weighted by atomic mass is 10.7. The van der Waals surface area contributed by atoms with Gasteiger partial charge in [0.2, 0.25) is 0 Å². The highest BCUT2D eigenvalue weighted by Gasteiger charge is 1.78. The molecular formula is C5H12NO. The van der Waals surface area contributed by atoms with Crippen molar-refractivity contribution in [1.82, 2.24) is 5.32 Å². The Labute approximate surface area is 44.9 Å². The molecule has 43 valence electrons. The van der Waals surface area contributed by atoms with Crippen molar-refractivity contribution in [3.8, 4) is 0 Å². The highest BCUT2D eigenvalue weighted by Crippen LogP contribution is 1.68. The van der Waals surface area contributed by atoms with Gasteiger partial charge in [-0.25, -0.2) is 5.32 Å². The number of hydrogen-bond acceptors (Lipinski definition) is 1. The molecule has 0 aliphatic rings. The molecule has 0 saturated carbocycles. The van der Waals surface area contributed by atoms with Crippen molar-refractivity contribution in [2.24, 2.45) is 0 Å². The first-order valence-electron chi connectivity index (χ1n) is 2.55. The zero-order chi connectivity index (χ0) is 5.54. The first kappa shape index (κ1) is 6.92. The average molecular weight is 102 g/mol. The third-order valence-corrected chi connectivity index (χ3v) is 0.663. The molecule has 0 N–H and O–H groups in total. The normalized spacial score (nSPS) is 9.43. The highest BCUT2D eigenvalue weighted by molar-refractivity contribution is 4.31. The third kappa shape index (κ3) is 5.92. The van der Waals surface area contributed by atoms with Crippen LogP contribution in [0.25, 0.3) is 0 Å². The van der Waals surface area contributed by atoms with E-state index in [2.05, 4.69) is 5.32 Å². The van der Waals surface area contributed by atoms with Gasteiger partial charge in [-0.2, -0.15) is 0 Å². The molecule has 0 fully saturated rings. The zero-order valence-electron chi connectivity index (χ0n) is 4.98. The van der Waals surface area contributed by atoms with Gasteiger partial charge in [-0.15, -0.1) is 0 Å². The van der Waals surface area contributed by atoms with Crippen molar-refractivity contribution in [2.45, 2.75) is 6.92 Å². The molecule has 0 atom stereocenters. The molecule has 0 aromatic rings. The van der Waals surface area contributed by atoms with E-state index in [4.69, 9.17) is 4.74 Å². The van der Waals surface area contributed by atoms with Crippen molar-refractivity contribution in [3.63, 3.8) is 0 Å². The molecule has 0 amide bonds. The van der Waals surface area contributed by atoms with E-state index in [0.29, 0.717) is 0 Å². The molecule has 0 aromatic heterocycles. The van der Waals surface area contributed by atoms with E-state index in [1.54, 1.807) is 7.05 Å². The van der Waals surface area contributed by atoms with Gasteiger partial charge in [-0.1, -0.05) is 0 Å². The Kier molecular flexibility index (Phi) is 5.85. The minimum Gasteiger partial charge on any atom is -0.380 e. The van der Waals surface area contributed by atoms with E-state index < -0.39 is 0 Å². The Hall–Kier alpha value is -0.0800. The topological polar surface area (TPSA) is 23.3 Å². The fraction of sp³-hybridized carbons (Fsp3) is 1.00. The molecule has 2 heteroatoms. The Morgan fingerprint density at radius 3 is 2.71 bits per heavy atom. The summed E-state index contributed by atoms with van der Waals surface area (Å²) in [6, 6.07) is 0. The summed E-state index contributed by atoms with van der Waals surface area (Å²) < 4.78 is 4.98. The number of ether oxygens (including phenoxy) is 1. The lowest BCUT2D eigenvalue weighted by Gasteiger charge is -1.95. The van der Waals surface area contributed by atoms with Gasteiger partial charge < -0.3 is 4.74 Å². The van der Waals surface area contributed by atoms with Gasteiger partial charge in [0, 0.05) is 20.2 Å². The summed E-state index contributed by atoms with van der Waals surface area (Å²) in [7, 11) is 1.79. The molecule has 7 heavy (non-hydrogen) atoms. The highest BCUT2D eigenvalue weighted by atomic mass is 16.5. The Balaban J connectivity index is 2.45. The molecule has 0 aliphatic carbocycles. The fourth-order valence-electron chi connectivity index (χ4n) is 0.300. The first-order chi connectivity index (χ1) is 3.41. The molecule has 0 saturated heterocycles. The summed E-state index contributed by atoms with van der Waals surface area (Å²) in [5, 5.41) is 3.85. The smallest absolute Gasteiger partial charge is 0.0607 e. The fourth-order valence-corrected chi connectivity index (χ4v) is 0.300. The predicted octanol–water partition coefficient (Wildman–Crippen LogP) is 0.257. The second-order valence-corrected chi connectivity index (χ2v) is 1.24. The van der Waals surface area contributed by atoms with E-state index in [0.717, 1.165) is 19.8 Å². The van der Waals surface area contributed by atoms with Gasteiger partial charge in [0.05, 0.1) is 6.61 Å². The molecule has 0 bridgehead atoms. The number of likely N-dealkylation sites (N-methyl/N-ethyl adjacent to an activating group) is 1. The number of rotatable bonds is 4. The Bertz CT molecular complexity index is 27.3. The summed E-state index contributed by atoms with van der Waals surface area (Å²) in [6.45, 7) is 4.38. The summed E-state index contributed by atoms with van der Waals surface area (Å²) in [4.78, 5) is 0. The monoisotopic (exact) mass is 102 g/mol. The Morgan fingerprint density at radius 2 is 2.29 bits per heavy atom. The SMILES string of the molecule is CCOCC[N]C. The first-order valence-corrected chi connectivity index (χ1v) is 2.55. The third-order valence-electron chi connectivity index (χ3n) is 0.663.